The van der Waals surface area contributed by atoms with Crippen molar-refractivity contribution in [3.8, 4) is 0 Å². The van der Waals surface area contributed by atoms with E-state index in [2.05, 4.69) is 38.8 Å². The summed E-state index contributed by atoms with van der Waals surface area (Å²) >= 11 is 1.66. The molecule has 0 aliphatic carbocycles. The van der Waals surface area contributed by atoms with Crippen molar-refractivity contribution in [2.45, 2.75) is 62.6 Å². The molecule has 3 aliphatic heterocycles. The van der Waals surface area contributed by atoms with Crippen molar-refractivity contribution in [3.63, 3.8) is 0 Å². The Bertz CT molecular complexity index is 1450. The van der Waals surface area contributed by atoms with Gasteiger partial charge in [-0.3, -0.25) is 14.4 Å². The molecule has 7 atom stereocenters. The predicted octanol–water partition coefficient (Wildman–Crippen LogP) is 5.55. The summed E-state index contributed by atoms with van der Waals surface area (Å²) in [6, 6.07) is 15.8. The van der Waals surface area contributed by atoms with Crippen molar-refractivity contribution in [2.75, 3.05) is 49.1 Å². The van der Waals surface area contributed by atoms with Gasteiger partial charge in [-0.1, -0.05) is 56.3 Å². The zero-order chi connectivity index (χ0) is 33.9. The number of rotatable bonds is 15. The first-order valence-electron chi connectivity index (χ1n) is 17.1. The molecule has 3 unspecified atom stereocenters. The maximum atomic E-state index is 15.2. The number of anilines is 2. The van der Waals surface area contributed by atoms with Crippen molar-refractivity contribution in [1.29, 1.82) is 0 Å². The molecule has 3 heterocycles. The molecule has 0 radical (unpaired) electrons. The molecule has 3 amide bonds. The number of hydrogen-bond donors (Lipinski definition) is 1. The molecule has 0 aromatic heterocycles. The zero-order valence-electron chi connectivity index (χ0n) is 28.3. The minimum atomic E-state index is -0.887. The molecule has 2 bridgehead atoms. The number of carbonyl (C=O) groups excluding carboxylic acids is 3. The van der Waals surface area contributed by atoms with Crippen LogP contribution >= 0.6 is 11.8 Å². The van der Waals surface area contributed by atoms with E-state index in [-0.39, 0.29) is 42.0 Å². The fourth-order valence-corrected chi connectivity index (χ4v) is 10.7. The third kappa shape index (κ3) is 5.90. The monoisotopic (exact) mass is 658 g/mol. The third-order valence-corrected chi connectivity index (χ3v) is 12.5. The van der Waals surface area contributed by atoms with Crippen molar-refractivity contribution < 1.29 is 19.5 Å². The molecule has 47 heavy (non-hydrogen) atoms. The highest BCUT2D eigenvalue weighted by Crippen LogP contribution is 2.69. The fourth-order valence-electron chi connectivity index (χ4n) is 8.35. The quantitative estimate of drug-likeness (QED) is 0.253. The van der Waals surface area contributed by atoms with Crippen LogP contribution in [0.4, 0.5) is 11.4 Å². The van der Waals surface area contributed by atoms with E-state index in [4.69, 9.17) is 0 Å². The Labute approximate surface area is 284 Å². The number of thioether (sulfide) groups is 1. The van der Waals surface area contributed by atoms with Crippen LogP contribution in [0.5, 0.6) is 0 Å². The molecule has 9 heteroatoms. The van der Waals surface area contributed by atoms with Gasteiger partial charge in [-0.25, -0.2) is 0 Å². The smallest absolute Gasteiger partial charge is 0.251 e. The number of amides is 3. The molecule has 252 valence electrons. The van der Waals surface area contributed by atoms with Crippen LogP contribution < -0.4 is 9.80 Å². The Hall–Kier alpha value is -3.56. The van der Waals surface area contributed by atoms with Gasteiger partial charge >= 0.3 is 0 Å². The lowest BCUT2D eigenvalue weighted by atomic mass is 9.65. The van der Waals surface area contributed by atoms with Crippen LogP contribution in [0.15, 0.2) is 79.9 Å². The maximum Gasteiger partial charge on any atom is 0.251 e. The van der Waals surface area contributed by atoms with Gasteiger partial charge in [0, 0.05) is 49.3 Å². The first kappa shape index (κ1) is 34.8. The summed E-state index contributed by atoms with van der Waals surface area (Å²) in [5, 5.41) is 10.8. The Morgan fingerprint density at radius 2 is 1.64 bits per heavy atom. The number of aliphatic hydroxyl groups is 1. The van der Waals surface area contributed by atoms with Gasteiger partial charge < -0.3 is 24.7 Å². The highest BCUT2D eigenvalue weighted by Gasteiger charge is 2.77. The number of carbonyl (C=O) groups is 3. The molecule has 1 N–H and O–H groups in total. The van der Waals surface area contributed by atoms with Crippen molar-refractivity contribution in [3.05, 3.63) is 85.5 Å². The van der Waals surface area contributed by atoms with Gasteiger partial charge in [-0.15, -0.1) is 24.9 Å². The molecule has 3 fully saturated rings. The highest BCUT2D eigenvalue weighted by atomic mass is 32.2. The van der Waals surface area contributed by atoms with Gasteiger partial charge in [-0.2, -0.15) is 0 Å². The van der Waals surface area contributed by atoms with Gasteiger partial charge in [0.25, 0.3) is 5.91 Å². The Kier molecular flexibility index (Phi) is 10.9. The van der Waals surface area contributed by atoms with E-state index >= 15 is 4.79 Å². The normalized spacial score (nSPS) is 26.5. The molecule has 3 saturated heterocycles. The molecule has 2 aromatic carbocycles. The second-order valence-electron chi connectivity index (χ2n) is 12.9. The number of aliphatic hydroxyl groups excluding tert-OH is 1. The van der Waals surface area contributed by atoms with Crippen molar-refractivity contribution in [2.24, 2.45) is 17.8 Å². The summed E-state index contributed by atoms with van der Waals surface area (Å²) in [7, 11) is 0. The van der Waals surface area contributed by atoms with E-state index in [9.17, 15) is 14.7 Å². The van der Waals surface area contributed by atoms with Crippen LogP contribution in [0, 0.1) is 17.8 Å². The number of fused-ring (bicyclic) bond motifs is 1. The molecule has 5 rings (SSSR count). The van der Waals surface area contributed by atoms with E-state index in [1.165, 1.54) is 0 Å². The number of likely N-dealkylation sites (tertiary alicyclic amines) is 1. The first-order valence-corrected chi connectivity index (χ1v) is 17.9. The van der Waals surface area contributed by atoms with Crippen LogP contribution in [0.2, 0.25) is 0 Å². The second kappa shape index (κ2) is 14.7. The predicted molar refractivity (Wildman–Crippen MR) is 191 cm³/mol. The topological polar surface area (TPSA) is 84.4 Å². The molecular formula is C38H50N4O4S. The van der Waals surface area contributed by atoms with E-state index < -0.39 is 28.7 Å². The lowest BCUT2D eigenvalue weighted by molar-refractivity contribution is -0.145. The molecule has 8 nitrogen and oxygen atoms in total. The van der Waals surface area contributed by atoms with E-state index in [0.29, 0.717) is 13.1 Å². The fraction of sp³-hybridized carbons (Fsp3) is 0.500. The SMILES string of the molecule is C=CCN(CCC)C(=O)[C@@H]1[C@@H]2CC(C)C3(S2)C(C(=O)N(CC=C)c2ccc(N(CC)CC)cc2)N([C@H](CO)c2ccccc2)C(=O)[C@H]13. The maximum absolute atomic E-state index is 15.2. The average molecular weight is 659 g/mol. The number of hydrogen-bond acceptors (Lipinski definition) is 6. The molecule has 2 aromatic rings. The average Bonchev–Trinajstić information content (AvgIpc) is 3.68. The summed E-state index contributed by atoms with van der Waals surface area (Å²) < 4.78 is -0.825. The number of benzene rings is 2. The van der Waals surface area contributed by atoms with Crippen LogP contribution in [0.25, 0.3) is 0 Å². The summed E-state index contributed by atoms with van der Waals surface area (Å²) in [4.78, 5) is 52.0. The summed E-state index contributed by atoms with van der Waals surface area (Å²) in [6.45, 7) is 18.9. The van der Waals surface area contributed by atoms with Gasteiger partial charge in [0.15, 0.2) is 0 Å². The van der Waals surface area contributed by atoms with Gasteiger partial charge in [0.2, 0.25) is 11.8 Å². The van der Waals surface area contributed by atoms with Gasteiger partial charge in [-0.05, 0) is 62.4 Å². The molecule has 1 spiro atoms. The highest BCUT2D eigenvalue weighted by molar-refractivity contribution is 8.02. The minimum Gasteiger partial charge on any atom is -0.394 e. The van der Waals surface area contributed by atoms with Crippen molar-refractivity contribution in [1.82, 2.24) is 9.80 Å². The molecule has 0 saturated carbocycles. The Morgan fingerprint density at radius 3 is 2.21 bits per heavy atom. The van der Waals surface area contributed by atoms with Crippen molar-refractivity contribution >= 4 is 40.9 Å². The van der Waals surface area contributed by atoms with Gasteiger partial charge in [0.05, 0.1) is 29.2 Å². The Morgan fingerprint density at radius 1 is 1.00 bits per heavy atom. The lowest BCUT2D eigenvalue weighted by Gasteiger charge is -2.42. The molecule has 3 aliphatic rings. The van der Waals surface area contributed by atoms with Crippen LogP contribution in [0.1, 0.15) is 52.1 Å². The van der Waals surface area contributed by atoms with Gasteiger partial charge in [0.1, 0.15) is 6.04 Å². The van der Waals surface area contributed by atoms with Crippen LogP contribution in [-0.2, 0) is 14.4 Å². The Balaban J connectivity index is 1.64. The summed E-state index contributed by atoms with van der Waals surface area (Å²) in [5.41, 5.74) is 2.54. The summed E-state index contributed by atoms with van der Waals surface area (Å²) in [6.07, 6.45) is 4.98. The molecular weight excluding hydrogens is 609 g/mol. The zero-order valence-corrected chi connectivity index (χ0v) is 29.1. The lowest BCUT2D eigenvalue weighted by Crippen LogP contribution is -2.58. The third-order valence-electron chi connectivity index (χ3n) is 10.4. The van der Waals surface area contributed by atoms with E-state index in [1.54, 1.807) is 33.7 Å². The first-order chi connectivity index (χ1) is 22.7. The van der Waals surface area contributed by atoms with Crippen LogP contribution in [-0.4, -0.2) is 88.0 Å². The number of nitrogens with zero attached hydrogens (tertiary/aromatic N) is 4. The summed E-state index contributed by atoms with van der Waals surface area (Å²) in [5.74, 6) is -1.71. The van der Waals surface area contributed by atoms with Crippen LogP contribution in [0.3, 0.4) is 0 Å². The van der Waals surface area contributed by atoms with E-state index in [0.717, 1.165) is 42.9 Å². The second-order valence-corrected chi connectivity index (χ2v) is 14.5. The standard InChI is InChI=1S/C38H50N4O4S/c1-7-21-40(22-8-2)35(44)32-31-24-26(6)38(47-31)33(32)36(45)42(30(25-43)27-15-13-12-14-16-27)34(38)37(46)41(23-9-3)29-19-17-28(18-20-29)39(10-4)11-5/h7,9,12-20,26,30-34,43H,1,3,8,10-11,21-25H2,2,4-6H3/t26?,30-,31+,32-,33+,34?,38?/m1/s1. The minimum absolute atomic E-state index is 0.000723. The largest absolute Gasteiger partial charge is 0.394 e. The van der Waals surface area contributed by atoms with E-state index in [1.807, 2.05) is 66.4 Å².